The number of carbonyl (C=O) groups excluding carboxylic acids is 1. The molecule has 0 saturated heterocycles. The van der Waals surface area contributed by atoms with Crippen molar-refractivity contribution in [3.05, 3.63) is 11.9 Å². The van der Waals surface area contributed by atoms with E-state index in [0.717, 1.165) is 12.0 Å². The lowest BCUT2D eigenvalue weighted by atomic mass is 9.93. The molecule has 0 unspecified atom stereocenters. The summed E-state index contributed by atoms with van der Waals surface area (Å²) < 4.78 is 1.77. The van der Waals surface area contributed by atoms with Gasteiger partial charge >= 0.3 is 0 Å². The lowest BCUT2D eigenvalue weighted by Gasteiger charge is -2.21. The number of hydrogen-bond acceptors (Lipinski definition) is 3. The lowest BCUT2D eigenvalue weighted by molar-refractivity contribution is -0.109. The standard InChI is InChI=1S/C11H19N3O/c1-10(2,3)9-8-14(13-12-9)11(4,5)6-7-15/h7-8H,6H2,1-5H3. The van der Waals surface area contributed by atoms with E-state index >= 15 is 0 Å². The molecule has 0 fully saturated rings. The number of nitrogens with zero attached hydrogens (tertiary/aromatic N) is 3. The molecular formula is C11H19N3O. The Hall–Kier alpha value is -1.19. The van der Waals surface area contributed by atoms with Crippen molar-refractivity contribution in [1.29, 1.82) is 0 Å². The summed E-state index contributed by atoms with van der Waals surface area (Å²) >= 11 is 0. The first-order chi connectivity index (χ1) is 6.77. The summed E-state index contributed by atoms with van der Waals surface area (Å²) in [4.78, 5) is 10.5. The van der Waals surface area contributed by atoms with Crippen LogP contribution in [-0.2, 0) is 15.7 Å². The molecule has 0 amide bonds. The Labute approximate surface area is 90.7 Å². The molecule has 1 aromatic heterocycles. The van der Waals surface area contributed by atoms with E-state index in [1.54, 1.807) is 4.68 Å². The van der Waals surface area contributed by atoms with E-state index in [9.17, 15) is 4.79 Å². The van der Waals surface area contributed by atoms with Gasteiger partial charge in [-0.05, 0) is 13.8 Å². The number of rotatable bonds is 3. The van der Waals surface area contributed by atoms with Crippen molar-refractivity contribution in [3.8, 4) is 0 Å². The van der Waals surface area contributed by atoms with Crippen LogP contribution in [-0.4, -0.2) is 21.3 Å². The summed E-state index contributed by atoms with van der Waals surface area (Å²) in [6.07, 6.45) is 3.28. The molecule has 0 bridgehead atoms. The van der Waals surface area contributed by atoms with Crippen LogP contribution in [0.4, 0.5) is 0 Å². The van der Waals surface area contributed by atoms with Crippen molar-refractivity contribution in [3.63, 3.8) is 0 Å². The highest BCUT2D eigenvalue weighted by atomic mass is 16.1. The zero-order valence-electron chi connectivity index (χ0n) is 10.1. The van der Waals surface area contributed by atoms with Gasteiger partial charge in [-0.3, -0.25) is 0 Å². The normalized spacial score (nSPS) is 12.9. The summed E-state index contributed by atoms with van der Waals surface area (Å²) in [6, 6.07) is 0. The molecule has 1 heterocycles. The van der Waals surface area contributed by atoms with E-state index in [1.165, 1.54) is 0 Å². The quantitative estimate of drug-likeness (QED) is 0.714. The predicted molar refractivity (Wildman–Crippen MR) is 58.7 cm³/mol. The monoisotopic (exact) mass is 209 g/mol. The van der Waals surface area contributed by atoms with E-state index in [-0.39, 0.29) is 11.0 Å². The fourth-order valence-electron chi connectivity index (χ4n) is 1.20. The maximum Gasteiger partial charge on any atom is 0.122 e. The minimum absolute atomic E-state index is 0.00446. The maximum absolute atomic E-state index is 10.5. The van der Waals surface area contributed by atoms with Crippen LogP contribution < -0.4 is 0 Å². The van der Waals surface area contributed by atoms with Gasteiger partial charge in [-0.15, -0.1) is 5.10 Å². The molecule has 1 rings (SSSR count). The third-order valence-electron chi connectivity index (χ3n) is 2.46. The van der Waals surface area contributed by atoms with E-state index in [1.807, 2.05) is 20.0 Å². The van der Waals surface area contributed by atoms with Crippen LogP contribution >= 0.6 is 0 Å². The Bertz CT molecular complexity index is 347. The van der Waals surface area contributed by atoms with Crippen molar-refractivity contribution in [2.24, 2.45) is 0 Å². The van der Waals surface area contributed by atoms with E-state index in [0.29, 0.717) is 6.42 Å². The molecule has 0 aromatic carbocycles. The molecule has 0 radical (unpaired) electrons. The van der Waals surface area contributed by atoms with Gasteiger partial charge in [0, 0.05) is 18.0 Å². The number of aromatic nitrogens is 3. The highest BCUT2D eigenvalue weighted by Crippen LogP contribution is 2.23. The van der Waals surface area contributed by atoms with Crippen LogP contribution in [0.2, 0.25) is 0 Å². The molecule has 0 aliphatic heterocycles. The Balaban J connectivity index is 2.98. The average Bonchev–Trinajstić information content (AvgIpc) is 2.50. The zero-order chi connectivity index (χ0) is 11.7. The number of hydrogen-bond donors (Lipinski definition) is 0. The van der Waals surface area contributed by atoms with Crippen molar-refractivity contribution >= 4 is 6.29 Å². The molecule has 0 aliphatic carbocycles. The van der Waals surface area contributed by atoms with Gasteiger partial charge in [-0.1, -0.05) is 26.0 Å². The van der Waals surface area contributed by atoms with Gasteiger partial charge in [0.1, 0.15) is 6.29 Å². The second-order valence-electron chi connectivity index (χ2n) is 5.48. The smallest absolute Gasteiger partial charge is 0.122 e. The van der Waals surface area contributed by atoms with Crippen LogP contribution in [0, 0.1) is 0 Å². The largest absolute Gasteiger partial charge is 0.303 e. The van der Waals surface area contributed by atoms with Crippen LogP contribution in [0.25, 0.3) is 0 Å². The molecule has 0 N–H and O–H groups in total. The number of aldehydes is 1. The molecular weight excluding hydrogens is 190 g/mol. The second-order valence-corrected chi connectivity index (χ2v) is 5.48. The molecule has 0 spiro atoms. The van der Waals surface area contributed by atoms with Gasteiger partial charge in [-0.2, -0.15) is 0 Å². The molecule has 15 heavy (non-hydrogen) atoms. The fraction of sp³-hybridized carbons (Fsp3) is 0.727. The first-order valence-electron chi connectivity index (χ1n) is 5.14. The van der Waals surface area contributed by atoms with Gasteiger partial charge in [-0.25, -0.2) is 4.68 Å². The SMILES string of the molecule is CC(C)(C)c1cn(C(C)(C)CC=O)nn1. The number of carbonyl (C=O) groups is 1. The zero-order valence-corrected chi connectivity index (χ0v) is 10.1. The van der Waals surface area contributed by atoms with Gasteiger partial charge in [0.2, 0.25) is 0 Å². The fourth-order valence-corrected chi connectivity index (χ4v) is 1.20. The molecule has 4 heteroatoms. The van der Waals surface area contributed by atoms with Gasteiger partial charge < -0.3 is 4.79 Å². The average molecular weight is 209 g/mol. The Morgan fingerprint density at radius 1 is 1.33 bits per heavy atom. The molecule has 4 nitrogen and oxygen atoms in total. The molecule has 84 valence electrons. The first-order valence-corrected chi connectivity index (χ1v) is 5.14. The van der Waals surface area contributed by atoms with E-state index in [4.69, 9.17) is 0 Å². The maximum atomic E-state index is 10.5. The molecule has 1 aromatic rings. The Kier molecular flexibility index (Phi) is 2.98. The van der Waals surface area contributed by atoms with Crippen LogP contribution in [0.1, 0.15) is 46.7 Å². The van der Waals surface area contributed by atoms with Gasteiger partial charge in [0.15, 0.2) is 0 Å². The summed E-state index contributed by atoms with van der Waals surface area (Å²) in [5.41, 5.74) is 0.648. The van der Waals surface area contributed by atoms with Gasteiger partial charge in [0.05, 0.1) is 11.2 Å². The Morgan fingerprint density at radius 2 is 1.93 bits per heavy atom. The minimum atomic E-state index is -0.293. The third kappa shape index (κ3) is 2.64. The molecule has 0 atom stereocenters. The minimum Gasteiger partial charge on any atom is -0.303 e. The van der Waals surface area contributed by atoms with Gasteiger partial charge in [0.25, 0.3) is 0 Å². The first kappa shape index (κ1) is 11.9. The van der Waals surface area contributed by atoms with Crippen molar-refractivity contribution < 1.29 is 4.79 Å². The van der Waals surface area contributed by atoms with Crippen molar-refractivity contribution in [2.45, 2.75) is 52.0 Å². The summed E-state index contributed by atoms with van der Waals surface area (Å²) in [5, 5.41) is 8.21. The highest BCUT2D eigenvalue weighted by Gasteiger charge is 2.24. The second kappa shape index (κ2) is 3.76. The molecule has 0 aliphatic rings. The Morgan fingerprint density at radius 3 is 2.33 bits per heavy atom. The van der Waals surface area contributed by atoms with Crippen LogP contribution in [0.15, 0.2) is 6.20 Å². The summed E-state index contributed by atoms with van der Waals surface area (Å²) in [6.45, 7) is 10.2. The summed E-state index contributed by atoms with van der Waals surface area (Å²) in [7, 11) is 0. The molecule has 0 saturated carbocycles. The topological polar surface area (TPSA) is 47.8 Å². The highest BCUT2D eigenvalue weighted by molar-refractivity contribution is 5.50. The van der Waals surface area contributed by atoms with Crippen molar-refractivity contribution in [1.82, 2.24) is 15.0 Å². The van der Waals surface area contributed by atoms with E-state index in [2.05, 4.69) is 31.1 Å². The summed E-state index contributed by atoms with van der Waals surface area (Å²) in [5.74, 6) is 0. The van der Waals surface area contributed by atoms with Crippen LogP contribution in [0.3, 0.4) is 0 Å². The predicted octanol–water partition coefficient (Wildman–Crippen LogP) is 1.90. The van der Waals surface area contributed by atoms with Crippen molar-refractivity contribution in [2.75, 3.05) is 0 Å². The third-order valence-corrected chi connectivity index (χ3v) is 2.46. The van der Waals surface area contributed by atoms with E-state index < -0.39 is 0 Å². The lowest BCUT2D eigenvalue weighted by Crippen LogP contribution is -2.27. The van der Waals surface area contributed by atoms with Crippen LogP contribution in [0.5, 0.6) is 0 Å².